The minimum absolute atomic E-state index is 0.0509. The van der Waals surface area contributed by atoms with Gasteiger partial charge in [0, 0.05) is 3.57 Å². The second-order valence-electron chi connectivity index (χ2n) is 3.99. The predicted molar refractivity (Wildman–Crippen MR) is 79.3 cm³/mol. The van der Waals surface area contributed by atoms with Crippen molar-refractivity contribution in [2.45, 2.75) is 13.8 Å². The van der Waals surface area contributed by atoms with Gasteiger partial charge < -0.3 is 14.6 Å². The first-order valence-corrected chi connectivity index (χ1v) is 6.75. The Kier molecular flexibility index (Phi) is 4.41. The van der Waals surface area contributed by atoms with Crippen LogP contribution in [0.25, 0.3) is 0 Å². The fourth-order valence-corrected chi connectivity index (χ4v) is 1.88. The lowest BCUT2D eigenvalue weighted by molar-refractivity contribution is -0.118. The van der Waals surface area contributed by atoms with E-state index < -0.39 is 0 Å². The van der Waals surface area contributed by atoms with E-state index in [0.717, 1.165) is 3.57 Å². The maximum Gasteiger partial charge on any atom is 0.262 e. The average Bonchev–Trinajstić information content (AvgIpc) is 2.70. The number of nitrogens with one attached hydrogen (secondary N) is 1. The lowest BCUT2D eigenvalue weighted by atomic mass is 10.3. The number of halogens is 1. The average molecular weight is 372 g/mol. The van der Waals surface area contributed by atoms with E-state index in [1.54, 1.807) is 13.8 Å². The van der Waals surface area contributed by atoms with Crippen molar-refractivity contribution in [2.75, 3.05) is 11.9 Å². The highest BCUT2D eigenvalue weighted by atomic mass is 127. The summed E-state index contributed by atoms with van der Waals surface area (Å²) in [6.45, 7) is 3.46. The normalized spacial score (nSPS) is 10.3. The number of aryl methyl sites for hydroxylation is 2. The van der Waals surface area contributed by atoms with Crippen molar-refractivity contribution in [3.05, 3.63) is 39.3 Å². The molecule has 0 spiro atoms. The fourth-order valence-electron chi connectivity index (χ4n) is 1.52. The molecule has 1 heterocycles. The van der Waals surface area contributed by atoms with Gasteiger partial charge in [0.25, 0.3) is 5.91 Å². The minimum atomic E-state index is -0.243. The molecule has 1 amide bonds. The Morgan fingerprint density at radius 1 is 1.37 bits per heavy atom. The lowest BCUT2D eigenvalue weighted by Crippen LogP contribution is -2.20. The molecule has 0 atom stereocenters. The van der Waals surface area contributed by atoms with E-state index in [2.05, 4.69) is 33.1 Å². The van der Waals surface area contributed by atoms with Crippen LogP contribution in [0.2, 0.25) is 0 Å². The monoisotopic (exact) mass is 372 g/mol. The summed E-state index contributed by atoms with van der Waals surface area (Å²) in [6, 6.07) is 7.49. The third-order valence-corrected chi connectivity index (χ3v) is 3.20. The molecule has 0 radical (unpaired) electrons. The first-order valence-electron chi connectivity index (χ1n) is 5.67. The number of hydrogen-bond donors (Lipinski definition) is 1. The van der Waals surface area contributed by atoms with Crippen LogP contribution in [0.3, 0.4) is 0 Å². The molecule has 5 nitrogen and oxygen atoms in total. The molecule has 0 saturated heterocycles. The second-order valence-corrected chi connectivity index (χ2v) is 5.24. The van der Waals surface area contributed by atoms with Crippen LogP contribution in [0.4, 0.5) is 5.69 Å². The molecular weight excluding hydrogens is 359 g/mol. The molecule has 0 bridgehead atoms. The smallest absolute Gasteiger partial charge is 0.262 e. The second kappa shape index (κ2) is 6.05. The molecular formula is C13H13IN2O3. The zero-order chi connectivity index (χ0) is 13.8. The number of carbonyl (C=O) groups excluding carboxylic acids is 1. The van der Waals surface area contributed by atoms with Crippen molar-refractivity contribution >= 4 is 34.2 Å². The highest BCUT2D eigenvalue weighted by molar-refractivity contribution is 14.1. The van der Waals surface area contributed by atoms with Gasteiger partial charge in [-0.25, -0.2) is 0 Å². The molecule has 0 aliphatic heterocycles. The van der Waals surface area contributed by atoms with E-state index in [0.29, 0.717) is 22.9 Å². The summed E-state index contributed by atoms with van der Waals surface area (Å²) in [6.07, 6.45) is 0. The number of aromatic nitrogens is 1. The van der Waals surface area contributed by atoms with Crippen LogP contribution in [-0.2, 0) is 4.79 Å². The van der Waals surface area contributed by atoms with E-state index in [9.17, 15) is 4.79 Å². The van der Waals surface area contributed by atoms with Gasteiger partial charge in [0.1, 0.15) is 17.1 Å². The van der Waals surface area contributed by atoms with Gasteiger partial charge in [-0.15, -0.1) is 0 Å². The van der Waals surface area contributed by atoms with Crippen LogP contribution < -0.4 is 10.1 Å². The van der Waals surface area contributed by atoms with Crippen LogP contribution in [0.1, 0.15) is 11.5 Å². The molecule has 0 unspecified atom stereocenters. The lowest BCUT2D eigenvalue weighted by Gasteiger charge is -2.07. The maximum absolute atomic E-state index is 11.7. The van der Waals surface area contributed by atoms with E-state index in [1.807, 2.05) is 24.3 Å². The van der Waals surface area contributed by atoms with E-state index in [4.69, 9.17) is 9.26 Å². The molecule has 0 saturated carbocycles. The third kappa shape index (κ3) is 3.69. The maximum atomic E-state index is 11.7. The van der Waals surface area contributed by atoms with Crippen molar-refractivity contribution in [1.29, 1.82) is 0 Å². The Morgan fingerprint density at radius 3 is 2.63 bits per heavy atom. The Hall–Kier alpha value is -1.57. The van der Waals surface area contributed by atoms with Gasteiger partial charge in [0.05, 0.1) is 0 Å². The largest absolute Gasteiger partial charge is 0.484 e. The predicted octanol–water partition coefficient (Wildman–Crippen LogP) is 2.91. The number of benzene rings is 1. The molecule has 1 N–H and O–H groups in total. The minimum Gasteiger partial charge on any atom is -0.484 e. The SMILES string of the molecule is Cc1noc(C)c1NC(=O)COc1ccc(I)cc1. The molecule has 0 fully saturated rings. The van der Waals surface area contributed by atoms with Crippen LogP contribution in [0.15, 0.2) is 28.8 Å². The summed E-state index contributed by atoms with van der Waals surface area (Å²) in [5.41, 5.74) is 1.26. The molecule has 0 aliphatic carbocycles. The fraction of sp³-hybridized carbons (Fsp3) is 0.231. The highest BCUT2D eigenvalue weighted by Crippen LogP contribution is 2.18. The summed E-state index contributed by atoms with van der Waals surface area (Å²) in [7, 11) is 0. The Morgan fingerprint density at radius 2 is 2.05 bits per heavy atom. The third-order valence-electron chi connectivity index (χ3n) is 2.48. The number of rotatable bonds is 4. The van der Waals surface area contributed by atoms with Gasteiger partial charge in [-0.1, -0.05) is 5.16 Å². The summed E-state index contributed by atoms with van der Waals surface area (Å²) in [4.78, 5) is 11.7. The van der Waals surface area contributed by atoms with Gasteiger partial charge in [-0.3, -0.25) is 4.79 Å². The molecule has 100 valence electrons. The highest BCUT2D eigenvalue weighted by Gasteiger charge is 2.12. The van der Waals surface area contributed by atoms with Crippen LogP contribution >= 0.6 is 22.6 Å². The Labute approximate surface area is 124 Å². The quantitative estimate of drug-likeness (QED) is 0.839. The summed E-state index contributed by atoms with van der Waals surface area (Å²) in [5, 5.41) is 6.48. The van der Waals surface area contributed by atoms with Gasteiger partial charge in [-0.05, 0) is 60.7 Å². The zero-order valence-corrected chi connectivity index (χ0v) is 12.7. The van der Waals surface area contributed by atoms with E-state index in [1.165, 1.54) is 0 Å². The standard InChI is InChI=1S/C13H13IN2O3/c1-8-13(9(2)19-16-8)15-12(17)7-18-11-5-3-10(14)4-6-11/h3-6H,7H2,1-2H3,(H,15,17). The zero-order valence-electron chi connectivity index (χ0n) is 10.6. The number of hydrogen-bond acceptors (Lipinski definition) is 4. The van der Waals surface area contributed by atoms with Gasteiger partial charge >= 0.3 is 0 Å². The number of ether oxygens (including phenoxy) is 1. The number of anilines is 1. The molecule has 19 heavy (non-hydrogen) atoms. The van der Waals surface area contributed by atoms with Crippen molar-refractivity contribution in [3.8, 4) is 5.75 Å². The molecule has 2 aromatic rings. The summed E-state index contributed by atoms with van der Waals surface area (Å²) >= 11 is 2.21. The summed E-state index contributed by atoms with van der Waals surface area (Å²) in [5.74, 6) is 1.00. The van der Waals surface area contributed by atoms with Crippen molar-refractivity contribution in [3.63, 3.8) is 0 Å². The van der Waals surface area contributed by atoms with Crippen LogP contribution in [0.5, 0.6) is 5.75 Å². The Bertz CT molecular complexity index is 559. The number of nitrogens with zero attached hydrogens (tertiary/aromatic N) is 1. The molecule has 2 rings (SSSR count). The van der Waals surface area contributed by atoms with Crippen molar-refractivity contribution in [1.82, 2.24) is 5.16 Å². The number of carbonyl (C=O) groups is 1. The van der Waals surface area contributed by atoms with Crippen LogP contribution in [-0.4, -0.2) is 17.7 Å². The van der Waals surface area contributed by atoms with Gasteiger partial charge in [0.2, 0.25) is 0 Å². The first kappa shape index (κ1) is 13.9. The van der Waals surface area contributed by atoms with Gasteiger partial charge in [-0.2, -0.15) is 0 Å². The number of amides is 1. The molecule has 1 aromatic carbocycles. The van der Waals surface area contributed by atoms with E-state index >= 15 is 0 Å². The molecule has 1 aromatic heterocycles. The van der Waals surface area contributed by atoms with E-state index in [-0.39, 0.29) is 12.5 Å². The van der Waals surface area contributed by atoms with Crippen LogP contribution in [0, 0.1) is 17.4 Å². The molecule has 6 heteroatoms. The summed E-state index contributed by atoms with van der Waals surface area (Å²) < 4.78 is 11.5. The molecule has 0 aliphatic rings. The topological polar surface area (TPSA) is 64.4 Å². The van der Waals surface area contributed by atoms with Crippen molar-refractivity contribution < 1.29 is 14.1 Å². The van der Waals surface area contributed by atoms with Crippen molar-refractivity contribution in [2.24, 2.45) is 0 Å². The van der Waals surface area contributed by atoms with Gasteiger partial charge in [0.15, 0.2) is 12.4 Å². The first-order chi connectivity index (χ1) is 9.06. The Balaban J connectivity index is 1.90.